The lowest BCUT2D eigenvalue weighted by molar-refractivity contribution is -0.0833. The summed E-state index contributed by atoms with van der Waals surface area (Å²) in [5.74, 6) is 4.63. The molecule has 2 heteroatoms. The summed E-state index contributed by atoms with van der Waals surface area (Å²) in [6, 6.07) is 2.52. The van der Waals surface area contributed by atoms with E-state index in [-0.39, 0.29) is 11.5 Å². The second-order valence-corrected chi connectivity index (χ2v) is 8.71. The van der Waals surface area contributed by atoms with Gasteiger partial charge >= 0.3 is 0 Å². The summed E-state index contributed by atoms with van der Waals surface area (Å²) in [4.78, 5) is 0. The number of nitrogens with zero attached hydrogens (tertiary/aromatic N) is 1. The smallest absolute Gasteiger partial charge is 0.0655 e. The molecule has 0 aromatic heterocycles. The molecule has 0 saturated heterocycles. The maximum Gasteiger partial charge on any atom is 0.0655 e. The predicted octanol–water partition coefficient (Wildman–Crippen LogP) is 4.14. The van der Waals surface area contributed by atoms with Gasteiger partial charge in [-0.1, -0.05) is 6.92 Å². The standard InChI is InChI=1S/C19H29NO/c1-19-9-8-15-14-4-2-12(11-20)10-13(14)3-5-16(15)17(19)6-7-18(19)21/h12-18,21H,2-10H2,1H3/t12-,13-,14-,15+,16+,17-,18-,19-/m0/s1. The molecule has 1 N–H and O–H groups in total. The van der Waals surface area contributed by atoms with E-state index in [0.29, 0.717) is 5.92 Å². The topological polar surface area (TPSA) is 44.0 Å². The van der Waals surface area contributed by atoms with Gasteiger partial charge in [-0.05, 0) is 92.8 Å². The SMILES string of the molecule is C[C@]12CC[C@H]3[C@@H](CC[C@H]4C[C@@H](C#N)CC[C@@H]43)[C@@H]1CC[C@@H]2O. The third-order valence-electron chi connectivity index (χ3n) is 8.09. The molecule has 0 bridgehead atoms. The van der Waals surface area contributed by atoms with Crippen LogP contribution in [-0.4, -0.2) is 11.2 Å². The fraction of sp³-hybridized carbons (Fsp3) is 0.947. The number of rotatable bonds is 0. The van der Waals surface area contributed by atoms with Crippen molar-refractivity contribution in [3.05, 3.63) is 0 Å². The van der Waals surface area contributed by atoms with Crippen LogP contribution in [0.25, 0.3) is 0 Å². The third-order valence-corrected chi connectivity index (χ3v) is 8.09. The van der Waals surface area contributed by atoms with Crippen LogP contribution >= 0.6 is 0 Å². The number of aliphatic hydroxyl groups excluding tert-OH is 1. The minimum absolute atomic E-state index is 0.0458. The minimum Gasteiger partial charge on any atom is -0.393 e. The summed E-state index contributed by atoms with van der Waals surface area (Å²) in [6.07, 6.45) is 11.2. The van der Waals surface area contributed by atoms with Crippen molar-refractivity contribution in [2.75, 3.05) is 0 Å². The van der Waals surface area contributed by atoms with Gasteiger partial charge in [0.25, 0.3) is 0 Å². The van der Waals surface area contributed by atoms with Crippen molar-refractivity contribution >= 4 is 0 Å². The fourth-order valence-corrected chi connectivity index (χ4v) is 6.94. The first-order valence-electron chi connectivity index (χ1n) is 9.21. The molecule has 0 aliphatic heterocycles. The lowest BCUT2D eigenvalue weighted by atomic mass is 9.50. The lowest BCUT2D eigenvalue weighted by Gasteiger charge is -2.55. The molecule has 0 aromatic rings. The molecule has 0 aromatic carbocycles. The van der Waals surface area contributed by atoms with E-state index in [1.54, 1.807) is 0 Å². The molecule has 8 atom stereocenters. The highest BCUT2D eigenvalue weighted by molar-refractivity contribution is 5.06. The highest BCUT2D eigenvalue weighted by Gasteiger charge is 2.56. The van der Waals surface area contributed by atoms with E-state index in [4.69, 9.17) is 0 Å². The molecule has 4 aliphatic carbocycles. The molecule has 2 nitrogen and oxygen atoms in total. The van der Waals surface area contributed by atoms with Gasteiger partial charge in [-0.2, -0.15) is 5.26 Å². The van der Waals surface area contributed by atoms with Gasteiger partial charge in [0.05, 0.1) is 12.2 Å². The van der Waals surface area contributed by atoms with E-state index in [1.807, 2.05) is 0 Å². The Bertz CT molecular complexity index is 455. The van der Waals surface area contributed by atoms with E-state index < -0.39 is 0 Å². The van der Waals surface area contributed by atoms with Crippen molar-refractivity contribution < 1.29 is 5.11 Å². The summed E-state index contributed by atoms with van der Waals surface area (Å²) in [5.41, 5.74) is 0.220. The monoisotopic (exact) mass is 287 g/mol. The predicted molar refractivity (Wildman–Crippen MR) is 82.2 cm³/mol. The van der Waals surface area contributed by atoms with Crippen LogP contribution in [0.1, 0.15) is 64.7 Å². The summed E-state index contributed by atoms with van der Waals surface area (Å²) < 4.78 is 0. The zero-order valence-electron chi connectivity index (χ0n) is 13.3. The molecule has 4 fully saturated rings. The number of nitriles is 1. The Morgan fingerprint density at radius 1 is 0.952 bits per heavy atom. The van der Waals surface area contributed by atoms with E-state index >= 15 is 0 Å². The van der Waals surface area contributed by atoms with Crippen molar-refractivity contribution in [2.45, 2.75) is 70.8 Å². The van der Waals surface area contributed by atoms with Crippen LogP contribution in [0, 0.1) is 52.3 Å². The number of hydrogen-bond donors (Lipinski definition) is 1. The van der Waals surface area contributed by atoms with Gasteiger partial charge in [-0.25, -0.2) is 0 Å². The van der Waals surface area contributed by atoms with Crippen LogP contribution in [0.4, 0.5) is 0 Å². The molecule has 116 valence electrons. The van der Waals surface area contributed by atoms with Crippen LogP contribution in [-0.2, 0) is 0 Å². The summed E-state index contributed by atoms with van der Waals surface area (Å²) in [5, 5.41) is 19.7. The largest absolute Gasteiger partial charge is 0.393 e. The molecule has 4 aliphatic rings. The molecule has 0 unspecified atom stereocenters. The van der Waals surface area contributed by atoms with Gasteiger partial charge in [0, 0.05) is 5.92 Å². The highest BCUT2D eigenvalue weighted by atomic mass is 16.3. The molecular weight excluding hydrogens is 258 g/mol. The Morgan fingerprint density at radius 2 is 1.76 bits per heavy atom. The Balaban J connectivity index is 1.54. The molecule has 4 saturated carbocycles. The van der Waals surface area contributed by atoms with Gasteiger partial charge in [-0.3, -0.25) is 0 Å². The maximum atomic E-state index is 10.4. The van der Waals surface area contributed by atoms with Crippen molar-refractivity contribution in [2.24, 2.45) is 40.9 Å². The maximum absolute atomic E-state index is 10.4. The fourth-order valence-electron chi connectivity index (χ4n) is 6.94. The number of hydrogen-bond acceptors (Lipinski definition) is 2. The van der Waals surface area contributed by atoms with Crippen LogP contribution in [0.5, 0.6) is 0 Å². The van der Waals surface area contributed by atoms with Crippen LogP contribution < -0.4 is 0 Å². The van der Waals surface area contributed by atoms with Gasteiger partial charge in [0.15, 0.2) is 0 Å². The molecule has 0 amide bonds. The number of aliphatic hydroxyl groups is 1. The van der Waals surface area contributed by atoms with Crippen LogP contribution in [0.3, 0.4) is 0 Å². The van der Waals surface area contributed by atoms with Gasteiger partial charge in [0.1, 0.15) is 0 Å². The van der Waals surface area contributed by atoms with E-state index in [2.05, 4.69) is 13.0 Å². The number of fused-ring (bicyclic) bond motifs is 5. The molecule has 21 heavy (non-hydrogen) atoms. The van der Waals surface area contributed by atoms with Gasteiger partial charge in [-0.15, -0.1) is 0 Å². The second-order valence-electron chi connectivity index (χ2n) is 8.71. The Kier molecular flexibility index (Phi) is 3.34. The first kappa shape index (κ1) is 14.1. The first-order chi connectivity index (χ1) is 10.1. The average Bonchev–Trinajstić information content (AvgIpc) is 2.82. The average molecular weight is 287 g/mol. The lowest BCUT2D eigenvalue weighted by Crippen LogP contribution is -2.49. The molecule has 4 rings (SSSR count). The second kappa shape index (κ2) is 4.98. The molecule has 0 heterocycles. The highest BCUT2D eigenvalue weighted by Crippen LogP contribution is 2.62. The normalized spacial score (nSPS) is 56.0. The molecular formula is C19H29NO. The quantitative estimate of drug-likeness (QED) is 0.727. The Labute approximate surface area is 128 Å². The van der Waals surface area contributed by atoms with Gasteiger partial charge < -0.3 is 5.11 Å². The van der Waals surface area contributed by atoms with Crippen molar-refractivity contribution in [1.82, 2.24) is 0 Å². The zero-order chi connectivity index (χ0) is 14.6. The van der Waals surface area contributed by atoms with Crippen LogP contribution in [0.2, 0.25) is 0 Å². The van der Waals surface area contributed by atoms with Crippen LogP contribution in [0.15, 0.2) is 0 Å². The summed E-state index contributed by atoms with van der Waals surface area (Å²) in [6.45, 7) is 2.37. The Morgan fingerprint density at radius 3 is 2.57 bits per heavy atom. The van der Waals surface area contributed by atoms with Crippen molar-refractivity contribution in [1.29, 1.82) is 5.26 Å². The van der Waals surface area contributed by atoms with E-state index in [9.17, 15) is 10.4 Å². The first-order valence-corrected chi connectivity index (χ1v) is 9.21. The zero-order valence-corrected chi connectivity index (χ0v) is 13.3. The van der Waals surface area contributed by atoms with Crippen molar-refractivity contribution in [3.63, 3.8) is 0 Å². The summed E-state index contributed by atoms with van der Waals surface area (Å²) >= 11 is 0. The molecule has 0 radical (unpaired) electrons. The summed E-state index contributed by atoms with van der Waals surface area (Å²) in [7, 11) is 0. The van der Waals surface area contributed by atoms with Gasteiger partial charge in [0.2, 0.25) is 0 Å². The minimum atomic E-state index is -0.0458. The third kappa shape index (κ3) is 2.00. The van der Waals surface area contributed by atoms with E-state index in [0.717, 1.165) is 42.4 Å². The van der Waals surface area contributed by atoms with E-state index in [1.165, 1.54) is 44.9 Å². The Hall–Kier alpha value is -0.550. The van der Waals surface area contributed by atoms with Crippen molar-refractivity contribution in [3.8, 4) is 6.07 Å². The molecule has 0 spiro atoms.